The zero-order valence-electron chi connectivity index (χ0n) is 9.61. The summed E-state index contributed by atoms with van der Waals surface area (Å²) < 4.78 is 0. The third kappa shape index (κ3) is 2.23. The van der Waals surface area contributed by atoms with E-state index in [1.807, 2.05) is 0 Å². The molecule has 19 heavy (non-hydrogen) atoms. The first kappa shape index (κ1) is 12.6. The first-order valence-corrected chi connectivity index (χ1v) is 5.31. The van der Waals surface area contributed by atoms with Crippen molar-refractivity contribution >= 4 is 11.5 Å². The Kier molecular flexibility index (Phi) is 3.15. The number of ketones is 1. The third-order valence-corrected chi connectivity index (χ3v) is 2.59. The molecule has 2 rings (SSSR count). The van der Waals surface area contributed by atoms with Crippen molar-refractivity contribution in [1.82, 2.24) is 0 Å². The fraction of sp³-hybridized carbons (Fsp3) is 0. The second-order valence-electron chi connectivity index (χ2n) is 3.78. The number of phenolic OH excluding ortho intramolecular Hbond substituents is 2. The number of hydrogen-bond acceptors (Lipinski definition) is 5. The molecule has 0 saturated carbocycles. The van der Waals surface area contributed by atoms with Crippen LogP contribution in [0.2, 0.25) is 0 Å². The van der Waals surface area contributed by atoms with E-state index in [0.717, 1.165) is 12.1 Å². The number of rotatable bonds is 3. The lowest BCUT2D eigenvalue weighted by Gasteiger charge is -2.06. The zero-order chi connectivity index (χ0) is 14.0. The Balaban J connectivity index is 2.60. The highest BCUT2D eigenvalue weighted by Crippen LogP contribution is 2.36. The van der Waals surface area contributed by atoms with Gasteiger partial charge in [-0.25, -0.2) is 0 Å². The Morgan fingerprint density at radius 1 is 1.05 bits per heavy atom. The summed E-state index contributed by atoms with van der Waals surface area (Å²) in [4.78, 5) is 22.0. The van der Waals surface area contributed by atoms with E-state index in [9.17, 15) is 25.1 Å². The fourth-order valence-electron chi connectivity index (χ4n) is 1.67. The number of aromatic hydroxyl groups is 2. The summed E-state index contributed by atoms with van der Waals surface area (Å²) in [7, 11) is 0. The van der Waals surface area contributed by atoms with Crippen LogP contribution in [0.5, 0.6) is 11.5 Å². The van der Waals surface area contributed by atoms with Gasteiger partial charge in [-0.2, -0.15) is 0 Å². The van der Waals surface area contributed by atoms with Gasteiger partial charge in [0.15, 0.2) is 0 Å². The number of carbonyl (C=O) groups excluding carboxylic acids is 1. The maximum atomic E-state index is 12.1. The van der Waals surface area contributed by atoms with Crippen LogP contribution in [0.25, 0.3) is 0 Å². The predicted octanol–water partition coefficient (Wildman–Crippen LogP) is 2.24. The molecule has 0 radical (unpaired) electrons. The van der Waals surface area contributed by atoms with Crippen molar-refractivity contribution < 1.29 is 19.9 Å². The van der Waals surface area contributed by atoms with E-state index < -0.39 is 33.5 Å². The minimum atomic E-state index is -0.834. The number of carbonyl (C=O) groups is 1. The summed E-state index contributed by atoms with van der Waals surface area (Å²) in [6, 6.07) is 9.84. The van der Waals surface area contributed by atoms with Crippen LogP contribution in [0.4, 0.5) is 5.69 Å². The number of hydrogen-bond donors (Lipinski definition) is 2. The summed E-state index contributed by atoms with van der Waals surface area (Å²) in [5.74, 6) is -2.02. The van der Waals surface area contributed by atoms with Gasteiger partial charge in [0, 0.05) is 11.6 Å². The lowest BCUT2D eigenvalue weighted by atomic mass is 10.0. The van der Waals surface area contributed by atoms with Gasteiger partial charge in [0.2, 0.25) is 11.5 Å². The van der Waals surface area contributed by atoms with Crippen LogP contribution in [-0.2, 0) is 0 Å². The molecule has 0 heterocycles. The zero-order valence-corrected chi connectivity index (χ0v) is 9.61. The van der Waals surface area contributed by atoms with Gasteiger partial charge in [-0.1, -0.05) is 30.3 Å². The molecule has 0 saturated heterocycles. The molecule has 2 N–H and O–H groups in total. The van der Waals surface area contributed by atoms with Crippen molar-refractivity contribution in [2.75, 3.05) is 0 Å². The summed E-state index contributed by atoms with van der Waals surface area (Å²) in [5.41, 5.74) is -0.883. The molecule has 0 fully saturated rings. The van der Waals surface area contributed by atoms with Gasteiger partial charge in [0.1, 0.15) is 11.3 Å². The number of nitro groups is 1. The van der Waals surface area contributed by atoms with Crippen molar-refractivity contribution in [3.8, 4) is 11.5 Å². The highest BCUT2D eigenvalue weighted by atomic mass is 16.6. The first-order valence-electron chi connectivity index (χ1n) is 5.31. The van der Waals surface area contributed by atoms with Crippen LogP contribution in [0.3, 0.4) is 0 Å². The predicted molar refractivity (Wildman–Crippen MR) is 66.3 cm³/mol. The van der Waals surface area contributed by atoms with E-state index in [1.165, 1.54) is 12.1 Å². The van der Waals surface area contributed by atoms with Gasteiger partial charge in [-0.3, -0.25) is 14.9 Å². The normalized spacial score (nSPS) is 10.1. The highest BCUT2D eigenvalue weighted by molar-refractivity contribution is 6.13. The average molecular weight is 259 g/mol. The Hall–Kier alpha value is -2.89. The van der Waals surface area contributed by atoms with Crippen LogP contribution in [0.15, 0.2) is 42.5 Å². The molecule has 2 aromatic rings. The van der Waals surface area contributed by atoms with Gasteiger partial charge in [0.05, 0.1) is 4.92 Å². The lowest BCUT2D eigenvalue weighted by molar-refractivity contribution is -0.385. The molecule has 0 aliphatic rings. The van der Waals surface area contributed by atoms with Gasteiger partial charge in [-0.05, 0) is 6.07 Å². The molecule has 6 nitrogen and oxygen atoms in total. The van der Waals surface area contributed by atoms with Crippen molar-refractivity contribution in [2.24, 2.45) is 0 Å². The summed E-state index contributed by atoms with van der Waals surface area (Å²) in [6.07, 6.45) is 0. The van der Waals surface area contributed by atoms with Gasteiger partial charge in [-0.15, -0.1) is 0 Å². The highest BCUT2D eigenvalue weighted by Gasteiger charge is 2.25. The minimum Gasteiger partial charge on any atom is -0.507 e. The Morgan fingerprint density at radius 3 is 2.26 bits per heavy atom. The molecule has 6 heteroatoms. The van der Waals surface area contributed by atoms with Crippen LogP contribution in [0.1, 0.15) is 15.9 Å². The molecular weight excluding hydrogens is 250 g/mol. The third-order valence-electron chi connectivity index (χ3n) is 2.59. The van der Waals surface area contributed by atoms with Crippen LogP contribution >= 0.6 is 0 Å². The van der Waals surface area contributed by atoms with Gasteiger partial charge >= 0.3 is 5.69 Å². The molecule has 96 valence electrons. The molecule has 0 atom stereocenters. The lowest BCUT2D eigenvalue weighted by Crippen LogP contribution is -2.03. The first-order chi connectivity index (χ1) is 9.02. The van der Waals surface area contributed by atoms with Gasteiger partial charge in [0.25, 0.3) is 0 Å². The molecule has 0 unspecified atom stereocenters. The van der Waals surface area contributed by atoms with Crippen molar-refractivity contribution in [3.63, 3.8) is 0 Å². The molecule has 0 amide bonds. The number of nitro benzene ring substituents is 1. The van der Waals surface area contributed by atoms with E-state index in [1.54, 1.807) is 18.2 Å². The summed E-state index contributed by atoms with van der Waals surface area (Å²) in [6.45, 7) is 0. The van der Waals surface area contributed by atoms with Crippen LogP contribution < -0.4 is 0 Å². The molecule has 0 spiro atoms. The standard InChI is InChI=1S/C13H9NO5/c15-10-7-6-9(14(18)19)13(17)11(10)12(16)8-4-2-1-3-5-8/h1-7,15,17H. The molecule has 0 aliphatic carbocycles. The average Bonchev–Trinajstić information content (AvgIpc) is 2.39. The quantitative estimate of drug-likeness (QED) is 0.500. The maximum Gasteiger partial charge on any atom is 0.311 e. The second-order valence-corrected chi connectivity index (χ2v) is 3.78. The second kappa shape index (κ2) is 4.77. The van der Waals surface area contributed by atoms with Crippen molar-refractivity contribution in [3.05, 3.63) is 63.7 Å². The number of benzene rings is 2. The Bertz CT molecular complexity index is 652. The van der Waals surface area contributed by atoms with Crippen molar-refractivity contribution in [2.45, 2.75) is 0 Å². The monoisotopic (exact) mass is 259 g/mol. The minimum absolute atomic E-state index is 0.216. The van der Waals surface area contributed by atoms with Crippen molar-refractivity contribution in [1.29, 1.82) is 0 Å². The molecule has 0 aromatic heterocycles. The SMILES string of the molecule is O=C(c1ccccc1)c1c(O)ccc([N+](=O)[O-])c1O. The molecule has 0 bridgehead atoms. The topological polar surface area (TPSA) is 101 Å². The van der Waals surface area contributed by atoms with E-state index in [0.29, 0.717) is 0 Å². The largest absolute Gasteiger partial charge is 0.507 e. The number of phenols is 2. The number of nitrogens with zero attached hydrogens (tertiary/aromatic N) is 1. The van der Waals surface area contributed by atoms with E-state index >= 15 is 0 Å². The molecule has 2 aromatic carbocycles. The van der Waals surface area contributed by atoms with E-state index in [4.69, 9.17) is 0 Å². The summed E-state index contributed by atoms with van der Waals surface area (Å²) in [5, 5.41) is 30.1. The molecular formula is C13H9NO5. The van der Waals surface area contributed by atoms with Crippen LogP contribution in [-0.4, -0.2) is 20.9 Å². The van der Waals surface area contributed by atoms with E-state index in [-0.39, 0.29) is 5.56 Å². The fourth-order valence-corrected chi connectivity index (χ4v) is 1.67. The van der Waals surface area contributed by atoms with Crippen LogP contribution in [0, 0.1) is 10.1 Å². The van der Waals surface area contributed by atoms with Gasteiger partial charge < -0.3 is 10.2 Å². The smallest absolute Gasteiger partial charge is 0.311 e. The Labute approximate surface area is 107 Å². The Morgan fingerprint density at radius 2 is 1.68 bits per heavy atom. The molecule has 0 aliphatic heterocycles. The summed E-state index contributed by atoms with van der Waals surface area (Å²) >= 11 is 0. The maximum absolute atomic E-state index is 12.1. The van der Waals surface area contributed by atoms with E-state index in [2.05, 4.69) is 0 Å².